The number of ether oxygens (including phenoxy) is 2. The van der Waals surface area contributed by atoms with Crippen LogP contribution in [0.25, 0.3) is 0 Å². The van der Waals surface area contributed by atoms with Crippen molar-refractivity contribution in [3.8, 4) is 0 Å². The number of aliphatic hydroxyl groups is 2. The van der Waals surface area contributed by atoms with Crippen LogP contribution in [0.2, 0.25) is 0 Å². The number of hydrogen-bond donors (Lipinski definition) is 2. The predicted octanol–water partition coefficient (Wildman–Crippen LogP) is 12.2. The largest absolute Gasteiger partial charge is 0.426 e. The Balaban J connectivity index is 0.000000316. The molecule has 0 amide bonds. The first-order valence-corrected chi connectivity index (χ1v) is 18.5. The molecule has 0 heterocycles. The van der Waals surface area contributed by atoms with Gasteiger partial charge in [0, 0.05) is 32.8 Å². The first-order valence-electron chi connectivity index (χ1n) is 18.5. The molecule has 0 radical (unpaired) electrons. The summed E-state index contributed by atoms with van der Waals surface area (Å²) in [5.41, 5.74) is -23.2. The Morgan fingerprint density at radius 3 is 1.30 bits per heavy atom. The Bertz CT molecular complexity index is 1470. The molecule has 2 bridgehead atoms. The molecule has 11 atom stereocenters. The van der Waals surface area contributed by atoms with Gasteiger partial charge in [-0.3, -0.25) is 0 Å². The highest BCUT2D eigenvalue weighted by atomic mass is 19.4. The molecule has 11 unspecified atom stereocenters. The van der Waals surface area contributed by atoms with E-state index in [1.54, 1.807) is 0 Å². The minimum absolute atomic E-state index is 0.115. The molecule has 0 aromatic carbocycles. The zero-order valence-electron chi connectivity index (χ0n) is 33.2. The topological polar surface area (TPSA) is 58.9 Å². The van der Waals surface area contributed by atoms with Gasteiger partial charge in [-0.05, 0) is 74.5 Å². The third kappa shape index (κ3) is 8.40. The van der Waals surface area contributed by atoms with E-state index < -0.39 is 133 Å². The number of rotatable bonds is 9. The van der Waals surface area contributed by atoms with Crippen LogP contribution in [0, 0.1) is 41.4 Å². The molecular weight excluding hydrogens is 902 g/mol. The molecule has 4 aliphatic carbocycles. The van der Waals surface area contributed by atoms with Crippen LogP contribution in [0.3, 0.4) is 0 Å². The van der Waals surface area contributed by atoms with Crippen molar-refractivity contribution >= 4 is 0 Å². The summed E-state index contributed by atoms with van der Waals surface area (Å²) in [6.07, 6.45) is -28.0. The van der Waals surface area contributed by atoms with Crippen LogP contribution < -0.4 is 0 Å². The summed E-state index contributed by atoms with van der Waals surface area (Å²) in [7, 11) is 0.867. The highest BCUT2D eigenvalue weighted by molar-refractivity contribution is 5.24. The number of halogens is 22. The van der Waals surface area contributed by atoms with Crippen molar-refractivity contribution in [2.24, 2.45) is 41.4 Å². The van der Waals surface area contributed by atoms with Crippen LogP contribution in [-0.2, 0) is 9.47 Å². The zero-order chi connectivity index (χ0) is 48.6. The lowest BCUT2D eigenvalue weighted by Gasteiger charge is -2.41. The number of hydrogen-bond acceptors (Lipinski definition) is 4. The maximum atomic E-state index is 14.6. The highest BCUT2D eigenvalue weighted by Crippen LogP contribution is 2.68. The van der Waals surface area contributed by atoms with Crippen LogP contribution >= 0.6 is 0 Å². The fourth-order valence-corrected chi connectivity index (χ4v) is 9.55. The van der Waals surface area contributed by atoms with E-state index in [0.29, 0.717) is 18.8 Å². The Morgan fingerprint density at radius 2 is 1.02 bits per heavy atom. The molecule has 2 N–H and O–H groups in total. The van der Waals surface area contributed by atoms with Crippen molar-refractivity contribution < 1.29 is 116 Å². The molecule has 0 saturated heterocycles. The van der Waals surface area contributed by atoms with Gasteiger partial charge in [-0.1, -0.05) is 27.7 Å². The van der Waals surface area contributed by atoms with Crippen LogP contribution in [0.1, 0.15) is 86.5 Å². The lowest BCUT2D eigenvalue weighted by atomic mass is 9.72. The van der Waals surface area contributed by atoms with Crippen LogP contribution in [0.15, 0.2) is 0 Å². The number of methoxy groups -OCH3 is 1. The molecule has 61 heavy (non-hydrogen) atoms. The summed E-state index contributed by atoms with van der Waals surface area (Å²) in [4.78, 5) is 0. The summed E-state index contributed by atoms with van der Waals surface area (Å²) in [6.45, 7) is 4.31. The smallest absolute Gasteiger partial charge is 0.376 e. The van der Waals surface area contributed by atoms with Crippen molar-refractivity contribution in [3.63, 3.8) is 0 Å². The standard InChI is InChI=1S/C13H18F6O.C12H16F8O2.C10H12F8O/c1-6-7(2)10-4-8(6)3-9(10)5-11(20,12(14,15)16)13(17,18)19;1-4-7-5-9(12(18,19)20,22-6-21-3)11(16,17)10(7,15)8(2,13)14;1-3-5-4-7(19,10(16,17)18)9(14,15)8(5,13)6(2,11)12/h6-10,20H,3-5H2,1-2H3;7H,4-6H2,1-3H3;5,19H,3-4H2,1-2H3. The minimum atomic E-state index is -5.91. The minimum Gasteiger partial charge on any atom is -0.376 e. The normalized spacial score (nSPS) is 37.9. The second-order valence-electron chi connectivity index (χ2n) is 16.6. The fraction of sp³-hybridized carbons (Fsp3) is 1.00. The van der Waals surface area contributed by atoms with Crippen molar-refractivity contribution in [3.05, 3.63) is 0 Å². The average molecular weight is 949 g/mol. The van der Waals surface area contributed by atoms with Crippen molar-refractivity contribution in [1.29, 1.82) is 0 Å². The Labute approximate surface area is 335 Å². The monoisotopic (exact) mass is 948 g/mol. The van der Waals surface area contributed by atoms with Gasteiger partial charge in [0.2, 0.25) is 22.5 Å². The molecule has 364 valence electrons. The van der Waals surface area contributed by atoms with E-state index in [4.69, 9.17) is 5.11 Å². The molecule has 0 spiro atoms. The molecular formula is C35H46F22O4. The molecule has 0 aromatic rings. The third-order valence-corrected chi connectivity index (χ3v) is 13.3. The first-order chi connectivity index (χ1) is 26.8. The predicted molar refractivity (Wildman–Crippen MR) is 168 cm³/mol. The quantitative estimate of drug-likeness (QED) is 0.179. The van der Waals surface area contributed by atoms with E-state index in [0.717, 1.165) is 21.0 Å². The van der Waals surface area contributed by atoms with Gasteiger partial charge in [-0.25, -0.2) is 26.3 Å². The average Bonchev–Trinajstić information content (AvgIpc) is 3.71. The Hall–Kier alpha value is -1.70. The zero-order valence-corrected chi connectivity index (χ0v) is 33.2. The van der Waals surface area contributed by atoms with Crippen molar-refractivity contribution in [1.82, 2.24) is 0 Å². The molecule has 0 aliphatic heterocycles. The summed E-state index contributed by atoms with van der Waals surface area (Å²) < 4.78 is 300. The van der Waals surface area contributed by atoms with Gasteiger partial charge in [-0.2, -0.15) is 70.2 Å². The van der Waals surface area contributed by atoms with Gasteiger partial charge in [0.05, 0.1) is 0 Å². The van der Waals surface area contributed by atoms with Crippen LogP contribution in [-0.4, -0.2) is 101 Å². The highest BCUT2D eigenvalue weighted by Gasteiger charge is 2.90. The lowest BCUT2D eigenvalue weighted by Crippen LogP contribution is -2.67. The van der Waals surface area contributed by atoms with Gasteiger partial charge in [0.25, 0.3) is 17.4 Å². The molecule has 4 fully saturated rings. The SMILES string of the molecule is CC1C2CC(CC(O)(C(F)(F)F)C(F)(F)F)C(C2)C1C.CCC1CC(O)(C(F)(F)F)C(F)(F)C1(F)C(C)(F)F.CCC1CC(OCOC)(C(F)(F)F)C(F)(F)C1(F)C(C)(F)F. The Kier molecular flexibility index (Phi) is 15.1. The van der Waals surface area contributed by atoms with Gasteiger partial charge >= 0.3 is 36.6 Å². The second kappa shape index (κ2) is 16.6. The summed E-state index contributed by atoms with van der Waals surface area (Å²) in [6, 6.07) is 0. The summed E-state index contributed by atoms with van der Waals surface area (Å²) in [5, 5.41) is 18.4. The van der Waals surface area contributed by atoms with Gasteiger partial charge in [0.15, 0.2) is 0 Å². The van der Waals surface area contributed by atoms with Gasteiger partial charge in [0.1, 0.15) is 6.79 Å². The third-order valence-electron chi connectivity index (χ3n) is 13.3. The van der Waals surface area contributed by atoms with E-state index in [1.807, 2.05) is 13.8 Å². The van der Waals surface area contributed by atoms with Crippen molar-refractivity contribution in [2.45, 2.75) is 163 Å². The maximum Gasteiger partial charge on any atom is 0.426 e. The number of fused-ring (bicyclic) bond motifs is 2. The van der Waals surface area contributed by atoms with Crippen molar-refractivity contribution in [2.75, 3.05) is 13.9 Å². The molecule has 4 saturated carbocycles. The van der Waals surface area contributed by atoms with E-state index in [9.17, 15) is 102 Å². The molecule has 4 rings (SSSR count). The van der Waals surface area contributed by atoms with E-state index in [2.05, 4.69) is 9.47 Å². The number of alkyl halides is 22. The molecule has 26 heteroatoms. The summed E-state index contributed by atoms with van der Waals surface area (Å²) in [5.74, 6) is -25.3. The first kappa shape index (κ1) is 55.4. The van der Waals surface area contributed by atoms with Crippen LogP contribution in [0.5, 0.6) is 0 Å². The second-order valence-corrected chi connectivity index (χ2v) is 16.6. The van der Waals surface area contributed by atoms with Gasteiger partial charge < -0.3 is 19.7 Å². The maximum absolute atomic E-state index is 14.6. The molecule has 0 aromatic heterocycles. The molecule has 4 nitrogen and oxygen atoms in total. The van der Waals surface area contributed by atoms with Gasteiger partial charge in [-0.15, -0.1) is 0 Å². The van der Waals surface area contributed by atoms with E-state index >= 15 is 0 Å². The van der Waals surface area contributed by atoms with E-state index in [1.165, 1.54) is 0 Å². The fourth-order valence-electron chi connectivity index (χ4n) is 9.55. The lowest BCUT2D eigenvalue weighted by molar-refractivity contribution is -0.376. The Morgan fingerprint density at radius 1 is 0.607 bits per heavy atom. The van der Waals surface area contributed by atoms with Crippen LogP contribution in [0.4, 0.5) is 96.6 Å². The summed E-state index contributed by atoms with van der Waals surface area (Å²) >= 11 is 0. The van der Waals surface area contributed by atoms with E-state index in [-0.39, 0.29) is 31.6 Å². The molecule has 4 aliphatic rings.